The van der Waals surface area contributed by atoms with Crippen molar-refractivity contribution >= 4 is 28.6 Å². The molecule has 2 N–H and O–H groups in total. The largest absolute Gasteiger partial charge is 0.340 e. The van der Waals surface area contributed by atoms with Crippen molar-refractivity contribution in [3.63, 3.8) is 0 Å². The lowest BCUT2D eigenvalue weighted by Crippen LogP contribution is -2.42. The second-order valence-electron chi connectivity index (χ2n) is 4.91. The van der Waals surface area contributed by atoms with Crippen molar-refractivity contribution in [2.45, 2.75) is 25.8 Å². The number of amides is 1. The van der Waals surface area contributed by atoms with Crippen molar-refractivity contribution in [3.05, 3.63) is 32.9 Å². The van der Waals surface area contributed by atoms with Crippen LogP contribution in [0.1, 0.15) is 34.9 Å². The third-order valence-electron chi connectivity index (χ3n) is 3.43. The van der Waals surface area contributed by atoms with Crippen molar-refractivity contribution in [3.8, 4) is 11.4 Å². The maximum atomic E-state index is 12.5. The van der Waals surface area contributed by atoms with Gasteiger partial charge in [0.05, 0.1) is 10.4 Å². The second-order valence-corrected chi connectivity index (χ2v) is 6.72. The van der Waals surface area contributed by atoms with Crippen molar-refractivity contribution in [1.29, 1.82) is 0 Å². The fourth-order valence-corrected chi connectivity index (χ4v) is 3.57. The number of tetrazole rings is 1. The number of H-pyrrole nitrogens is 1. The van der Waals surface area contributed by atoms with Gasteiger partial charge in [0.2, 0.25) is 5.82 Å². The number of nitrogens with one attached hydrogen (secondary N) is 2. The predicted molar refractivity (Wildman–Crippen MR) is 84.7 cm³/mol. The van der Waals surface area contributed by atoms with Gasteiger partial charge in [-0.15, -0.1) is 32.9 Å². The Morgan fingerprint density at radius 1 is 1.45 bits per heavy atom. The molecular formula is C13H14N6OS2. The van der Waals surface area contributed by atoms with Crippen molar-refractivity contribution < 1.29 is 4.79 Å². The summed E-state index contributed by atoms with van der Waals surface area (Å²) in [5.41, 5.74) is 0.304. The molecule has 1 amide bonds. The average molecular weight is 334 g/mol. The first-order valence-corrected chi connectivity index (χ1v) is 8.43. The van der Waals surface area contributed by atoms with Gasteiger partial charge in [-0.2, -0.15) is 5.21 Å². The fourth-order valence-electron chi connectivity index (χ4n) is 1.96. The van der Waals surface area contributed by atoms with Crippen molar-refractivity contribution in [2.75, 3.05) is 0 Å². The van der Waals surface area contributed by atoms with E-state index in [-0.39, 0.29) is 5.91 Å². The van der Waals surface area contributed by atoms with Gasteiger partial charge in [0.15, 0.2) is 0 Å². The minimum atomic E-state index is -0.471. The molecule has 22 heavy (non-hydrogen) atoms. The van der Waals surface area contributed by atoms with E-state index in [1.54, 1.807) is 23.6 Å². The number of aromatic amines is 1. The minimum Gasteiger partial charge on any atom is -0.340 e. The maximum absolute atomic E-state index is 12.5. The first kappa shape index (κ1) is 14.8. The first-order chi connectivity index (χ1) is 10.6. The molecular weight excluding hydrogens is 320 g/mol. The van der Waals surface area contributed by atoms with Gasteiger partial charge in [-0.25, -0.2) is 4.98 Å². The van der Waals surface area contributed by atoms with Crippen LogP contribution in [0.25, 0.3) is 11.4 Å². The summed E-state index contributed by atoms with van der Waals surface area (Å²) < 4.78 is 0. The number of carbonyl (C=O) groups excluding carboxylic acids is 1. The predicted octanol–water partition coefficient (Wildman–Crippen LogP) is 2.44. The first-order valence-electron chi connectivity index (χ1n) is 6.67. The quantitative estimate of drug-likeness (QED) is 0.747. The van der Waals surface area contributed by atoms with E-state index in [0.29, 0.717) is 10.7 Å². The Morgan fingerprint density at radius 3 is 2.95 bits per heavy atom. The number of thiophene rings is 1. The van der Waals surface area contributed by atoms with Crippen LogP contribution < -0.4 is 5.32 Å². The van der Waals surface area contributed by atoms with Crippen LogP contribution in [0, 0.1) is 0 Å². The molecule has 0 saturated heterocycles. The Hall–Kier alpha value is -2.13. The molecule has 0 radical (unpaired) electrons. The summed E-state index contributed by atoms with van der Waals surface area (Å²) >= 11 is 2.89. The van der Waals surface area contributed by atoms with Crippen LogP contribution in [0.4, 0.5) is 0 Å². The number of aromatic nitrogens is 5. The molecule has 0 aliphatic rings. The lowest BCUT2D eigenvalue weighted by atomic mass is 10.00. The van der Waals surface area contributed by atoms with Crippen molar-refractivity contribution in [2.24, 2.45) is 0 Å². The topological polar surface area (TPSA) is 96.5 Å². The Bertz CT molecular complexity index is 751. The van der Waals surface area contributed by atoms with Crippen LogP contribution in [0.3, 0.4) is 0 Å². The molecule has 0 aromatic carbocycles. The molecule has 3 heterocycles. The number of thiazole rings is 1. The zero-order valence-corrected chi connectivity index (χ0v) is 13.7. The molecule has 0 fully saturated rings. The molecule has 7 nitrogen and oxygen atoms in total. The third kappa shape index (κ3) is 2.77. The Kier molecular flexibility index (Phi) is 3.99. The van der Waals surface area contributed by atoms with Crippen LogP contribution in [-0.2, 0) is 5.54 Å². The van der Waals surface area contributed by atoms with Crippen molar-refractivity contribution in [1.82, 2.24) is 30.9 Å². The average Bonchev–Trinajstić information content (AvgIpc) is 3.27. The van der Waals surface area contributed by atoms with Gasteiger partial charge in [0.1, 0.15) is 5.01 Å². The van der Waals surface area contributed by atoms with Gasteiger partial charge >= 0.3 is 0 Å². The second kappa shape index (κ2) is 5.93. The number of nitrogens with zero attached hydrogens (tertiary/aromatic N) is 4. The van der Waals surface area contributed by atoms with E-state index in [1.807, 2.05) is 24.6 Å². The highest BCUT2D eigenvalue weighted by atomic mass is 32.1. The molecule has 0 aliphatic carbocycles. The molecule has 3 aromatic heterocycles. The van der Waals surface area contributed by atoms with Crippen LogP contribution >= 0.6 is 22.7 Å². The molecule has 0 saturated carbocycles. The SMILES string of the molecule is CCC(C)(NC(=O)c1cc(-c2nn[nH]n2)cs1)c1nccs1. The highest BCUT2D eigenvalue weighted by Crippen LogP contribution is 2.28. The molecule has 0 spiro atoms. The van der Waals surface area contributed by atoms with E-state index < -0.39 is 5.54 Å². The van der Waals surface area contributed by atoms with Gasteiger partial charge in [-0.05, 0) is 24.6 Å². The summed E-state index contributed by atoms with van der Waals surface area (Å²) in [5, 5.41) is 21.5. The van der Waals surface area contributed by atoms with Gasteiger partial charge in [0, 0.05) is 22.5 Å². The molecule has 0 aliphatic heterocycles. The fraction of sp³-hybridized carbons (Fsp3) is 0.308. The Morgan fingerprint density at radius 2 is 2.32 bits per heavy atom. The van der Waals surface area contributed by atoms with E-state index in [9.17, 15) is 4.79 Å². The number of hydrogen-bond donors (Lipinski definition) is 2. The normalized spacial score (nSPS) is 13.7. The summed E-state index contributed by atoms with van der Waals surface area (Å²) in [6.07, 6.45) is 2.51. The highest BCUT2D eigenvalue weighted by molar-refractivity contribution is 7.12. The van der Waals surface area contributed by atoms with Gasteiger partial charge in [-0.3, -0.25) is 4.79 Å². The van der Waals surface area contributed by atoms with Crippen LogP contribution in [-0.4, -0.2) is 31.5 Å². The number of carbonyl (C=O) groups is 1. The molecule has 1 unspecified atom stereocenters. The van der Waals surface area contributed by atoms with Gasteiger partial charge in [-0.1, -0.05) is 6.92 Å². The molecule has 0 bridgehead atoms. The molecule has 114 valence electrons. The van der Waals surface area contributed by atoms with Crippen LogP contribution in [0.2, 0.25) is 0 Å². The van der Waals surface area contributed by atoms with E-state index in [4.69, 9.17) is 0 Å². The van der Waals surface area contributed by atoms with Crippen LogP contribution in [0.5, 0.6) is 0 Å². The Balaban J connectivity index is 1.80. The zero-order chi connectivity index (χ0) is 15.6. The Labute approximate surface area is 134 Å². The standard InChI is InChI=1S/C13H14N6OS2/c1-3-13(2,12-14-4-5-21-12)15-11(20)9-6-8(7-22-9)10-16-18-19-17-10/h4-7H,3H2,1-2H3,(H,15,20)(H,16,17,18,19). The maximum Gasteiger partial charge on any atom is 0.262 e. The molecule has 9 heteroatoms. The lowest BCUT2D eigenvalue weighted by Gasteiger charge is -2.27. The van der Waals surface area contributed by atoms with E-state index >= 15 is 0 Å². The minimum absolute atomic E-state index is 0.126. The van der Waals surface area contributed by atoms with Gasteiger partial charge in [0.25, 0.3) is 5.91 Å². The monoisotopic (exact) mass is 334 g/mol. The highest BCUT2D eigenvalue weighted by Gasteiger charge is 2.30. The summed E-state index contributed by atoms with van der Waals surface area (Å²) in [6.45, 7) is 4.01. The summed E-state index contributed by atoms with van der Waals surface area (Å²) in [6, 6.07) is 1.77. The number of hydrogen-bond acceptors (Lipinski definition) is 7. The van der Waals surface area contributed by atoms with E-state index in [0.717, 1.165) is 17.0 Å². The lowest BCUT2D eigenvalue weighted by molar-refractivity contribution is 0.0906. The summed E-state index contributed by atoms with van der Waals surface area (Å²) in [5.74, 6) is 0.354. The van der Waals surface area contributed by atoms with E-state index in [1.165, 1.54) is 11.3 Å². The zero-order valence-electron chi connectivity index (χ0n) is 12.0. The third-order valence-corrected chi connectivity index (χ3v) is 5.39. The van der Waals surface area contributed by atoms with Gasteiger partial charge < -0.3 is 5.32 Å². The molecule has 3 rings (SSSR count). The van der Waals surface area contributed by atoms with Crippen LogP contribution in [0.15, 0.2) is 23.0 Å². The number of rotatable bonds is 5. The summed E-state index contributed by atoms with van der Waals surface area (Å²) in [4.78, 5) is 17.4. The van der Waals surface area contributed by atoms with E-state index in [2.05, 4.69) is 30.9 Å². The molecule has 1 atom stereocenters. The smallest absolute Gasteiger partial charge is 0.262 e. The molecule has 3 aromatic rings. The summed E-state index contributed by atoms with van der Waals surface area (Å²) in [7, 11) is 0.